The average Bonchev–Trinajstić information content (AvgIpc) is 3.20. The van der Waals surface area contributed by atoms with Gasteiger partial charge >= 0.3 is 5.97 Å². The zero-order valence-electron chi connectivity index (χ0n) is 12.2. The highest BCUT2D eigenvalue weighted by atomic mass is 19.1. The van der Waals surface area contributed by atoms with E-state index in [0.717, 1.165) is 0 Å². The molecule has 0 aliphatic heterocycles. The van der Waals surface area contributed by atoms with Crippen LogP contribution in [-0.2, 0) is 0 Å². The van der Waals surface area contributed by atoms with Gasteiger partial charge in [-0.05, 0) is 30.3 Å². The van der Waals surface area contributed by atoms with Crippen molar-refractivity contribution >= 4 is 16.9 Å². The summed E-state index contributed by atoms with van der Waals surface area (Å²) in [6.07, 6.45) is 1.59. The largest absolute Gasteiger partial charge is 0.478 e. The summed E-state index contributed by atoms with van der Waals surface area (Å²) in [6.45, 7) is 0. The van der Waals surface area contributed by atoms with Crippen molar-refractivity contribution in [2.45, 2.75) is 0 Å². The molecule has 2 heterocycles. The topological polar surface area (TPSA) is 94.7 Å². The predicted molar refractivity (Wildman–Crippen MR) is 86.0 cm³/mol. The second-order valence-corrected chi connectivity index (χ2v) is 5.29. The Morgan fingerprint density at radius 2 is 2.04 bits per heavy atom. The maximum absolute atomic E-state index is 13.4. The lowest BCUT2D eigenvalue weighted by Gasteiger charge is -1.98. The van der Waals surface area contributed by atoms with Crippen LogP contribution in [0.15, 0.2) is 48.7 Å². The highest BCUT2D eigenvalue weighted by molar-refractivity contribution is 5.98. The van der Waals surface area contributed by atoms with E-state index >= 15 is 0 Å². The Kier molecular flexibility index (Phi) is 3.13. The summed E-state index contributed by atoms with van der Waals surface area (Å²) in [6, 6.07) is 10.9. The zero-order valence-corrected chi connectivity index (χ0v) is 12.2. The van der Waals surface area contributed by atoms with Crippen molar-refractivity contribution in [3.05, 3.63) is 60.0 Å². The number of fused-ring (bicyclic) bond motifs is 1. The van der Waals surface area contributed by atoms with E-state index in [1.165, 1.54) is 18.2 Å². The molecule has 0 saturated carbocycles. The number of carboxylic acid groups (broad SMARTS) is 1. The summed E-state index contributed by atoms with van der Waals surface area (Å²) in [5.41, 5.74) is 2.70. The van der Waals surface area contributed by atoms with E-state index < -0.39 is 5.97 Å². The predicted octanol–water partition coefficient (Wildman–Crippen LogP) is 3.46. The number of carboxylic acids is 1. The Bertz CT molecular complexity index is 1070. The fourth-order valence-corrected chi connectivity index (χ4v) is 2.57. The highest BCUT2D eigenvalue weighted by Gasteiger charge is 2.14. The molecule has 0 spiro atoms. The van der Waals surface area contributed by atoms with Crippen LogP contribution in [0.2, 0.25) is 0 Å². The van der Waals surface area contributed by atoms with Gasteiger partial charge in [-0.15, -0.1) is 0 Å². The number of hydrogen-bond acceptors (Lipinski definition) is 3. The van der Waals surface area contributed by atoms with Crippen molar-refractivity contribution in [1.82, 2.24) is 20.2 Å². The minimum Gasteiger partial charge on any atom is -0.478 e. The van der Waals surface area contributed by atoms with Crippen LogP contribution in [-0.4, -0.2) is 31.2 Å². The first-order valence-corrected chi connectivity index (χ1v) is 7.14. The molecule has 24 heavy (non-hydrogen) atoms. The molecule has 0 aliphatic carbocycles. The van der Waals surface area contributed by atoms with E-state index in [1.54, 1.807) is 30.5 Å². The molecular formula is C17H11FN4O2. The SMILES string of the molecule is O=C(O)c1ccc2[nH]nc(-c3ncc(-c4cccc(F)c4)[nH]3)c2c1. The average molecular weight is 322 g/mol. The van der Waals surface area contributed by atoms with Crippen LogP contribution in [0.3, 0.4) is 0 Å². The smallest absolute Gasteiger partial charge is 0.335 e. The number of rotatable bonds is 3. The standard InChI is InChI=1S/C17H11FN4O2/c18-11-3-1-2-9(6-11)14-8-19-16(20-14)15-12-7-10(17(23)24)4-5-13(12)21-22-15/h1-8H,(H,19,20)(H,21,22)(H,23,24). The lowest BCUT2D eigenvalue weighted by atomic mass is 10.1. The van der Waals surface area contributed by atoms with Gasteiger partial charge in [0.25, 0.3) is 0 Å². The number of H-pyrrole nitrogens is 2. The lowest BCUT2D eigenvalue weighted by molar-refractivity contribution is 0.0697. The van der Waals surface area contributed by atoms with E-state index in [4.69, 9.17) is 5.11 Å². The van der Waals surface area contributed by atoms with E-state index in [9.17, 15) is 9.18 Å². The molecule has 2 aromatic carbocycles. The van der Waals surface area contributed by atoms with Crippen molar-refractivity contribution in [2.75, 3.05) is 0 Å². The Labute approximate surface area is 135 Å². The Hall–Kier alpha value is -3.48. The number of nitrogens with one attached hydrogen (secondary N) is 2. The molecule has 4 aromatic rings. The van der Waals surface area contributed by atoms with Crippen molar-refractivity contribution in [2.24, 2.45) is 0 Å². The number of imidazole rings is 1. The number of aromatic nitrogens is 4. The number of nitrogens with zero attached hydrogens (tertiary/aromatic N) is 2. The van der Waals surface area contributed by atoms with E-state index in [0.29, 0.717) is 33.7 Å². The third kappa shape index (κ3) is 2.32. The molecule has 0 bridgehead atoms. The Balaban J connectivity index is 1.81. The van der Waals surface area contributed by atoms with Gasteiger partial charge in [-0.2, -0.15) is 5.10 Å². The van der Waals surface area contributed by atoms with Crippen LogP contribution in [0.4, 0.5) is 4.39 Å². The van der Waals surface area contributed by atoms with Gasteiger partial charge in [0.1, 0.15) is 11.5 Å². The van der Waals surface area contributed by atoms with Crippen LogP contribution in [0.1, 0.15) is 10.4 Å². The second kappa shape index (κ2) is 5.31. The molecule has 0 unspecified atom stereocenters. The molecular weight excluding hydrogens is 311 g/mol. The number of hydrogen-bond donors (Lipinski definition) is 3. The minimum atomic E-state index is -1.01. The van der Waals surface area contributed by atoms with Gasteiger partial charge in [0.15, 0.2) is 5.82 Å². The monoisotopic (exact) mass is 322 g/mol. The fraction of sp³-hybridized carbons (Fsp3) is 0. The summed E-state index contributed by atoms with van der Waals surface area (Å²) in [7, 11) is 0. The summed E-state index contributed by atoms with van der Waals surface area (Å²) in [5.74, 6) is -0.869. The molecule has 0 saturated heterocycles. The summed E-state index contributed by atoms with van der Waals surface area (Å²) >= 11 is 0. The summed E-state index contributed by atoms with van der Waals surface area (Å²) in [4.78, 5) is 18.5. The molecule has 0 radical (unpaired) electrons. The number of aromatic amines is 2. The van der Waals surface area contributed by atoms with Crippen LogP contribution in [0, 0.1) is 5.82 Å². The number of benzene rings is 2. The first-order valence-electron chi connectivity index (χ1n) is 7.14. The summed E-state index contributed by atoms with van der Waals surface area (Å²) in [5, 5.41) is 16.8. The van der Waals surface area contributed by atoms with Crippen molar-refractivity contribution in [3.63, 3.8) is 0 Å². The molecule has 0 atom stereocenters. The molecule has 2 aromatic heterocycles. The molecule has 0 fully saturated rings. The first kappa shape index (κ1) is 14.1. The molecule has 6 nitrogen and oxygen atoms in total. The van der Waals surface area contributed by atoms with Gasteiger partial charge in [0, 0.05) is 10.9 Å². The van der Waals surface area contributed by atoms with Crippen LogP contribution < -0.4 is 0 Å². The Morgan fingerprint density at radius 3 is 2.83 bits per heavy atom. The minimum absolute atomic E-state index is 0.169. The van der Waals surface area contributed by atoms with E-state index in [2.05, 4.69) is 20.2 Å². The quantitative estimate of drug-likeness (QED) is 0.538. The van der Waals surface area contributed by atoms with Gasteiger partial charge in [-0.25, -0.2) is 14.2 Å². The number of halogens is 1. The fourth-order valence-electron chi connectivity index (χ4n) is 2.57. The molecule has 0 aliphatic rings. The number of aromatic carboxylic acids is 1. The highest BCUT2D eigenvalue weighted by Crippen LogP contribution is 2.27. The van der Waals surface area contributed by atoms with Gasteiger partial charge in [0.2, 0.25) is 0 Å². The Morgan fingerprint density at radius 1 is 1.17 bits per heavy atom. The van der Waals surface area contributed by atoms with Crippen molar-refractivity contribution in [1.29, 1.82) is 0 Å². The van der Waals surface area contributed by atoms with Crippen molar-refractivity contribution < 1.29 is 14.3 Å². The van der Waals surface area contributed by atoms with Gasteiger partial charge < -0.3 is 10.1 Å². The molecule has 3 N–H and O–H groups in total. The van der Waals surface area contributed by atoms with Gasteiger partial charge in [-0.3, -0.25) is 5.10 Å². The van der Waals surface area contributed by atoms with E-state index in [1.807, 2.05) is 0 Å². The second-order valence-electron chi connectivity index (χ2n) is 5.29. The first-order chi connectivity index (χ1) is 11.6. The zero-order chi connectivity index (χ0) is 16.7. The molecule has 7 heteroatoms. The maximum atomic E-state index is 13.4. The van der Waals surface area contributed by atoms with E-state index in [-0.39, 0.29) is 11.4 Å². The third-order valence-corrected chi connectivity index (χ3v) is 3.75. The van der Waals surface area contributed by atoms with Gasteiger partial charge in [0.05, 0.1) is 23.0 Å². The summed E-state index contributed by atoms with van der Waals surface area (Å²) < 4.78 is 13.4. The molecule has 4 rings (SSSR count). The number of carbonyl (C=O) groups is 1. The lowest BCUT2D eigenvalue weighted by Crippen LogP contribution is -1.95. The van der Waals surface area contributed by atoms with Crippen LogP contribution >= 0.6 is 0 Å². The van der Waals surface area contributed by atoms with Gasteiger partial charge in [-0.1, -0.05) is 12.1 Å². The van der Waals surface area contributed by atoms with Crippen molar-refractivity contribution in [3.8, 4) is 22.8 Å². The van der Waals surface area contributed by atoms with Crippen LogP contribution in [0.5, 0.6) is 0 Å². The maximum Gasteiger partial charge on any atom is 0.335 e. The molecule has 0 amide bonds. The van der Waals surface area contributed by atoms with Crippen LogP contribution in [0.25, 0.3) is 33.7 Å². The third-order valence-electron chi connectivity index (χ3n) is 3.75. The molecule has 118 valence electrons. The normalized spacial score (nSPS) is 11.0.